The van der Waals surface area contributed by atoms with Crippen molar-refractivity contribution in [3.8, 4) is 0 Å². The Morgan fingerprint density at radius 2 is 1.89 bits per heavy atom. The van der Waals surface area contributed by atoms with Gasteiger partial charge in [0.25, 0.3) is 0 Å². The fraction of sp³-hybridized carbons (Fsp3) is 0.385. The predicted octanol–water partition coefficient (Wildman–Crippen LogP) is 0.952. The number of hydrogen-bond donors (Lipinski definition) is 0. The standard InChI is InChI=1S/C13H15NO4S/c1-2-11-12(8-15)14(13(11)16)19(17,18)9-10-6-4-3-5-7-10/h3-8,11-12H,2,9H2,1H3/t11-,12+/m0/s1. The van der Waals surface area contributed by atoms with Gasteiger partial charge in [0.2, 0.25) is 15.9 Å². The highest BCUT2D eigenvalue weighted by Crippen LogP contribution is 2.32. The molecule has 0 unspecified atom stereocenters. The summed E-state index contributed by atoms with van der Waals surface area (Å²) in [5.74, 6) is -1.24. The van der Waals surface area contributed by atoms with Crippen molar-refractivity contribution >= 4 is 22.2 Å². The van der Waals surface area contributed by atoms with Crippen molar-refractivity contribution in [2.75, 3.05) is 0 Å². The van der Waals surface area contributed by atoms with Gasteiger partial charge in [0.1, 0.15) is 12.3 Å². The highest BCUT2D eigenvalue weighted by atomic mass is 32.2. The number of hydrogen-bond acceptors (Lipinski definition) is 4. The molecule has 1 aromatic rings. The Kier molecular flexibility index (Phi) is 3.71. The third-order valence-corrected chi connectivity index (χ3v) is 5.01. The zero-order chi connectivity index (χ0) is 14.0. The van der Waals surface area contributed by atoms with E-state index in [1.807, 2.05) is 0 Å². The van der Waals surface area contributed by atoms with Crippen LogP contribution in [0.25, 0.3) is 0 Å². The molecule has 1 fully saturated rings. The largest absolute Gasteiger partial charge is 0.301 e. The highest BCUT2D eigenvalue weighted by Gasteiger charge is 2.51. The van der Waals surface area contributed by atoms with E-state index < -0.39 is 27.9 Å². The van der Waals surface area contributed by atoms with E-state index in [1.54, 1.807) is 37.3 Å². The Balaban J connectivity index is 2.21. The Morgan fingerprint density at radius 1 is 1.26 bits per heavy atom. The van der Waals surface area contributed by atoms with Crippen LogP contribution >= 0.6 is 0 Å². The van der Waals surface area contributed by atoms with Gasteiger partial charge in [-0.25, -0.2) is 12.7 Å². The normalized spacial score (nSPS) is 23.0. The number of carbonyl (C=O) groups excluding carboxylic acids is 2. The van der Waals surface area contributed by atoms with E-state index in [0.29, 0.717) is 18.3 Å². The molecular formula is C13H15NO4S. The Morgan fingerprint density at radius 3 is 2.42 bits per heavy atom. The summed E-state index contributed by atoms with van der Waals surface area (Å²) in [4.78, 5) is 22.7. The molecule has 1 aliphatic heterocycles. The van der Waals surface area contributed by atoms with Crippen molar-refractivity contribution in [3.05, 3.63) is 35.9 Å². The van der Waals surface area contributed by atoms with E-state index in [-0.39, 0.29) is 5.75 Å². The molecule has 102 valence electrons. The minimum absolute atomic E-state index is 0.264. The lowest BCUT2D eigenvalue weighted by Gasteiger charge is -2.42. The summed E-state index contributed by atoms with van der Waals surface area (Å²) in [6.07, 6.45) is 1.01. The number of nitrogens with zero attached hydrogens (tertiary/aromatic N) is 1. The number of benzene rings is 1. The van der Waals surface area contributed by atoms with Gasteiger partial charge in [0.05, 0.1) is 11.7 Å². The van der Waals surface area contributed by atoms with E-state index in [0.717, 1.165) is 4.31 Å². The number of amides is 1. The Labute approximate surface area is 112 Å². The van der Waals surface area contributed by atoms with Crippen molar-refractivity contribution in [2.45, 2.75) is 25.1 Å². The molecule has 1 aliphatic rings. The molecule has 0 spiro atoms. The molecule has 1 amide bonds. The van der Waals surface area contributed by atoms with Crippen LogP contribution in [-0.2, 0) is 25.4 Å². The monoisotopic (exact) mass is 281 g/mol. The summed E-state index contributed by atoms with van der Waals surface area (Å²) in [7, 11) is -3.78. The van der Waals surface area contributed by atoms with Crippen molar-refractivity contribution in [1.82, 2.24) is 4.31 Å². The fourth-order valence-electron chi connectivity index (χ4n) is 2.28. The number of carbonyl (C=O) groups is 2. The fourth-order valence-corrected chi connectivity index (χ4v) is 4.01. The number of sulfonamides is 1. The summed E-state index contributed by atoms with van der Waals surface area (Å²) in [5, 5.41) is 0. The maximum absolute atomic E-state index is 12.2. The van der Waals surface area contributed by atoms with Gasteiger partial charge in [-0.2, -0.15) is 0 Å². The average molecular weight is 281 g/mol. The molecule has 0 saturated carbocycles. The second kappa shape index (κ2) is 5.13. The van der Waals surface area contributed by atoms with E-state index in [4.69, 9.17) is 0 Å². The van der Waals surface area contributed by atoms with Crippen LogP contribution in [0.2, 0.25) is 0 Å². The van der Waals surface area contributed by atoms with Crippen molar-refractivity contribution < 1.29 is 18.0 Å². The van der Waals surface area contributed by atoms with Gasteiger partial charge in [0.15, 0.2) is 0 Å². The molecule has 0 aromatic heterocycles. The zero-order valence-electron chi connectivity index (χ0n) is 10.5. The van der Waals surface area contributed by atoms with Crippen LogP contribution in [0, 0.1) is 5.92 Å². The van der Waals surface area contributed by atoms with E-state index in [2.05, 4.69) is 0 Å². The minimum atomic E-state index is -3.78. The average Bonchev–Trinajstić information content (AvgIpc) is 2.36. The lowest BCUT2D eigenvalue weighted by atomic mass is 9.89. The van der Waals surface area contributed by atoms with Gasteiger partial charge in [-0.15, -0.1) is 0 Å². The summed E-state index contributed by atoms with van der Waals surface area (Å²) in [6.45, 7) is 1.76. The van der Waals surface area contributed by atoms with Crippen LogP contribution in [0.1, 0.15) is 18.9 Å². The molecule has 1 heterocycles. The van der Waals surface area contributed by atoms with Crippen LogP contribution in [0.5, 0.6) is 0 Å². The summed E-state index contributed by atoms with van der Waals surface area (Å²) in [6, 6.07) is 7.76. The second-order valence-electron chi connectivity index (χ2n) is 4.52. The number of aldehydes is 1. The van der Waals surface area contributed by atoms with Crippen LogP contribution in [-0.4, -0.2) is 31.0 Å². The van der Waals surface area contributed by atoms with Gasteiger partial charge in [-0.1, -0.05) is 37.3 Å². The number of rotatable bonds is 5. The van der Waals surface area contributed by atoms with Crippen LogP contribution < -0.4 is 0 Å². The molecule has 19 heavy (non-hydrogen) atoms. The molecule has 1 aromatic carbocycles. The Bertz CT molecular complexity index is 582. The van der Waals surface area contributed by atoms with Gasteiger partial charge in [-0.3, -0.25) is 4.79 Å². The molecule has 0 bridgehead atoms. The molecule has 6 heteroatoms. The van der Waals surface area contributed by atoms with Gasteiger partial charge in [0, 0.05) is 0 Å². The smallest absolute Gasteiger partial charge is 0.242 e. The second-order valence-corrected chi connectivity index (χ2v) is 6.36. The molecule has 1 saturated heterocycles. The first-order valence-corrected chi connectivity index (χ1v) is 7.67. The molecule has 2 rings (SSSR count). The summed E-state index contributed by atoms with van der Waals surface area (Å²) >= 11 is 0. The van der Waals surface area contributed by atoms with E-state index >= 15 is 0 Å². The third kappa shape index (κ3) is 2.40. The topological polar surface area (TPSA) is 71.5 Å². The molecule has 2 atom stereocenters. The van der Waals surface area contributed by atoms with Crippen LogP contribution in [0.15, 0.2) is 30.3 Å². The van der Waals surface area contributed by atoms with Crippen molar-refractivity contribution in [1.29, 1.82) is 0 Å². The van der Waals surface area contributed by atoms with Gasteiger partial charge in [-0.05, 0) is 12.0 Å². The van der Waals surface area contributed by atoms with Crippen molar-refractivity contribution in [2.24, 2.45) is 5.92 Å². The SMILES string of the molecule is CC[C@@H]1C(=O)N(S(=O)(=O)Cc2ccccc2)[C@@H]1C=O. The lowest BCUT2D eigenvalue weighted by molar-refractivity contribution is -0.149. The summed E-state index contributed by atoms with van der Waals surface area (Å²) < 4.78 is 25.1. The highest BCUT2D eigenvalue weighted by molar-refractivity contribution is 7.89. The minimum Gasteiger partial charge on any atom is -0.301 e. The van der Waals surface area contributed by atoms with Gasteiger partial charge < -0.3 is 4.79 Å². The quantitative estimate of drug-likeness (QED) is 0.595. The number of β-lactam (4-membered cyclic amide) rings is 1. The first kappa shape index (κ1) is 13.7. The maximum Gasteiger partial charge on any atom is 0.242 e. The lowest BCUT2D eigenvalue weighted by Crippen LogP contribution is -2.63. The molecule has 0 radical (unpaired) electrons. The zero-order valence-corrected chi connectivity index (χ0v) is 11.3. The molecular weight excluding hydrogens is 266 g/mol. The molecule has 5 nitrogen and oxygen atoms in total. The van der Waals surface area contributed by atoms with Crippen molar-refractivity contribution in [3.63, 3.8) is 0 Å². The van der Waals surface area contributed by atoms with Crippen LogP contribution in [0.4, 0.5) is 0 Å². The first-order valence-electron chi connectivity index (χ1n) is 6.06. The first-order chi connectivity index (χ1) is 9.01. The molecule has 0 N–H and O–H groups in total. The van der Waals surface area contributed by atoms with Crippen LogP contribution in [0.3, 0.4) is 0 Å². The predicted molar refractivity (Wildman–Crippen MR) is 69.5 cm³/mol. The van der Waals surface area contributed by atoms with E-state index in [1.165, 1.54) is 0 Å². The Hall–Kier alpha value is -1.69. The van der Waals surface area contributed by atoms with E-state index in [9.17, 15) is 18.0 Å². The maximum atomic E-state index is 12.2. The van der Waals surface area contributed by atoms with Gasteiger partial charge >= 0.3 is 0 Å². The third-order valence-electron chi connectivity index (χ3n) is 3.29. The summed E-state index contributed by atoms with van der Waals surface area (Å²) in [5.41, 5.74) is 0.597. The molecule has 0 aliphatic carbocycles.